The van der Waals surface area contributed by atoms with Gasteiger partial charge in [0.25, 0.3) is 5.91 Å². The molecule has 3 rings (SSSR count). The molecule has 0 aliphatic carbocycles. The molecule has 3 aromatic rings. The molecule has 1 amide bonds. The van der Waals surface area contributed by atoms with Crippen molar-refractivity contribution < 1.29 is 4.79 Å². The minimum Gasteiger partial charge on any atom is -0.347 e. The number of carbonyl (C=O) groups excluding carboxylic acids is 1. The maximum Gasteiger partial charge on any atom is 0.263 e. The van der Waals surface area contributed by atoms with E-state index in [4.69, 9.17) is 0 Å². The second-order valence-corrected chi connectivity index (χ2v) is 5.59. The van der Waals surface area contributed by atoms with Crippen molar-refractivity contribution in [3.05, 3.63) is 71.5 Å². The first-order valence-electron chi connectivity index (χ1n) is 6.76. The molecule has 0 unspecified atom stereocenters. The van der Waals surface area contributed by atoms with E-state index in [0.717, 1.165) is 11.3 Å². The lowest BCUT2D eigenvalue weighted by molar-refractivity contribution is 0.0955. The molecule has 6 heteroatoms. The van der Waals surface area contributed by atoms with Crippen LogP contribution in [-0.2, 0) is 6.54 Å². The quantitative estimate of drug-likeness (QED) is 0.759. The highest BCUT2D eigenvalue weighted by Gasteiger charge is 2.10. The monoisotopic (exact) mass is 310 g/mol. The van der Waals surface area contributed by atoms with Gasteiger partial charge in [-0.15, -0.1) is 0 Å². The van der Waals surface area contributed by atoms with Gasteiger partial charge in [-0.2, -0.15) is 0 Å². The Hall–Kier alpha value is -2.73. The van der Waals surface area contributed by atoms with E-state index >= 15 is 0 Å². The van der Waals surface area contributed by atoms with E-state index in [0.29, 0.717) is 16.6 Å². The van der Waals surface area contributed by atoms with Crippen molar-refractivity contribution in [1.82, 2.24) is 15.3 Å². The lowest BCUT2D eigenvalue weighted by Crippen LogP contribution is -2.21. The summed E-state index contributed by atoms with van der Waals surface area (Å²) in [6, 6.07) is 13.5. The number of amides is 1. The third kappa shape index (κ3) is 3.67. The molecule has 2 heterocycles. The third-order valence-electron chi connectivity index (χ3n) is 2.96. The first-order chi connectivity index (χ1) is 10.8. The number of nitrogens with one attached hydrogen (secondary N) is 2. The van der Waals surface area contributed by atoms with Crippen molar-refractivity contribution in [3.8, 4) is 0 Å². The average Bonchev–Trinajstić information content (AvgIpc) is 3.03. The van der Waals surface area contributed by atoms with Crippen LogP contribution in [0.25, 0.3) is 0 Å². The lowest BCUT2D eigenvalue weighted by Gasteiger charge is -2.03. The highest BCUT2D eigenvalue weighted by molar-refractivity contribution is 7.17. The zero-order valence-electron chi connectivity index (χ0n) is 11.7. The van der Waals surface area contributed by atoms with Gasteiger partial charge in [-0.05, 0) is 17.7 Å². The predicted molar refractivity (Wildman–Crippen MR) is 87.2 cm³/mol. The predicted octanol–water partition coefficient (Wildman–Crippen LogP) is 3.21. The second-order valence-electron chi connectivity index (χ2n) is 4.56. The average molecular weight is 310 g/mol. The number of benzene rings is 1. The summed E-state index contributed by atoms with van der Waals surface area (Å²) >= 11 is 1.32. The summed E-state index contributed by atoms with van der Waals surface area (Å²) in [4.78, 5) is 20.8. The Morgan fingerprint density at radius 2 is 1.86 bits per heavy atom. The SMILES string of the molecule is O=C(NCc1ccccc1)c1cnc(Nc2ccncc2)s1. The maximum atomic E-state index is 12.1. The van der Waals surface area contributed by atoms with E-state index in [2.05, 4.69) is 20.6 Å². The molecule has 0 fully saturated rings. The first kappa shape index (κ1) is 14.2. The fourth-order valence-electron chi connectivity index (χ4n) is 1.86. The van der Waals surface area contributed by atoms with Gasteiger partial charge >= 0.3 is 0 Å². The molecule has 22 heavy (non-hydrogen) atoms. The zero-order valence-corrected chi connectivity index (χ0v) is 12.5. The molecule has 0 spiro atoms. The van der Waals surface area contributed by atoms with Crippen LogP contribution >= 0.6 is 11.3 Å². The van der Waals surface area contributed by atoms with E-state index in [1.165, 1.54) is 11.3 Å². The fourth-order valence-corrected chi connectivity index (χ4v) is 2.61. The van der Waals surface area contributed by atoms with Gasteiger partial charge in [-0.25, -0.2) is 4.98 Å². The third-order valence-corrected chi connectivity index (χ3v) is 3.87. The molecule has 0 atom stereocenters. The molecular formula is C16H14N4OS. The number of hydrogen-bond acceptors (Lipinski definition) is 5. The summed E-state index contributed by atoms with van der Waals surface area (Å²) in [6.45, 7) is 0.505. The van der Waals surface area contributed by atoms with Gasteiger partial charge in [0.05, 0.1) is 6.20 Å². The topological polar surface area (TPSA) is 66.9 Å². The van der Waals surface area contributed by atoms with Crippen LogP contribution in [-0.4, -0.2) is 15.9 Å². The Bertz CT molecular complexity index is 743. The fraction of sp³-hybridized carbons (Fsp3) is 0.0625. The maximum absolute atomic E-state index is 12.1. The van der Waals surface area contributed by atoms with Crippen LogP contribution in [0.5, 0.6) is 0 Å². The Morgan fingerprint density at radius 3 is 2.64 bits per heavy atom. The summed E-state index contributed by atoms with van der Waals surface area (Å²) in [7, 11) is 0. The van der Waals surface area contributed by atoms with Crippen molar-refractivity contribution in [2.24, 2.45) is 0 Å². The van der Waals surface area contributed by atoms with E-state index in [9.17, 15) is 4.79 Å². The number of hydrogen-bond donors (Lipinski definition) is 2. The standard InChI is InChI=1S/C16H14N4OS/c21-15(18-10-12-4-2-1-3-5-12)14-11-19-16(22-14)20-13-6-8-17-9-7-13/h1-9,11H,10H2,(H,18,21)(H,17,19,20). The van der Waals surface area contributed by atoms with Crippen LogP contribution in [0.3, 0.4) is 0 Å². The normalized spacial score (nSPS) is 10.2. The Labute approximate surface area is 132 Å². The van der Waals surface area contributed by atoms with Crippen LogP contribution in [0.15, 0.2) is 61.1 Å². The number of aromatic nitrogens is 2. The molecule has 110 valence electrons. The van der Waals surface area contributed by atoms with E-state index in [-0.39, 0.29) is 5.91 Å². The number of pyridine rings is 1. The summed E-state index contributed by atoms with van der Waals surface area (Å²) in [5.41, 5.74) is 1.95. The van der Waals surface area contributed by atoms with Crippen molar-refractivity contribution in [3.63, 3.8) is 0 Å². The summed E-state index contributed by atoms with van der Waals surface area (Å²) in [5.74, 6) is -0.121. The van der Waals surface area contributed by atoms with Crippen LogP contribution in [0.1, 0.15) is 15.2 Å². The second kappa shape index (κ2) is 6.82. The molecule has 2 N–H and O–H groups in total. The van der Waals surface area contributed by atoms with Crippen LogP contribution < -0.4 is 10.6 Å². The molecule has 1 aromatic carbocycles. The summed E-state index contributed by atoms with van der Waals surface area (Å²) < 4.78 is 0. The van der Waals surface area contributed by atoms with Gasteiger partial charge < -0.3 is 10.6 Å². The molecule has 0 aliphatic rings. The van der Waals surface area contributed by atoms with E-state index in [1.807, 2.05) is 42.5 Å². The highest BCUT2D eigenvalue weighted by Crippen LogP contribution is 2.22. The van der Waals surface area contributed by atoms with Crippen molar-refractivity contribution >= 4 is 28.1 Å². The van der Waals surface area contributed by atoms with Gasteiger partial charge in [0.15, 0.2) is 5.13 Å². The van der Waals surface area contributed by atoms with Gasteiger partial charge in [-0.3, -0.25) is 9.78 Å². The molecule has 2 aromatic heterocycles. The smallest absolute Gasteiger partial charge is 0.263 e. The lowest BCUT2D eigenvalue weighted by atomic mass is 10.2. The number of nitrogens with zero attached hydrogens (tertiary/aromatic N) is 2. The summed E-state index contributed by atoms with van der Waals surface area (Å²) in [5, 5.41) is 6.70. The Balaban J connectivity index is 1.60. The Morgan fingerprint density at radius 1 is 1.09 bits per heavy atom. The van der Waals surface area contributed by atoms with Crippen molar-refractivity contribution in [1.29, 1.82) is 0 Å². The minimum absolute atomic E-state index is 0.121. The van der Waals surface area contributed by atoms with Gasteiger partial charge in [0.1, 0.15) is 4.88 Å². The van der Waals surface area contributed by atoms with Gasteiger partial charge in [0, 0.05) is 24.6 Å². The number of thiazole rings is 1. The molecule has 0 saturated heterocycles. The number of rotatable bonds is 5. The van der Waals surface area contributed by atoms with Crippen molar-refractivity contribution in [2.75, 3.05) is 5.32 Å². The number of carbonyl (C=O) groups is 1. The molecule has 0 aliphatic heterocycles. The molecular weight excluding hydrogens is 296 g/mol. The van der Waals surface area contributed by atoms with E-state index in [1.54, 1.807) is 18.6 Å². The largest absolute Gasteiger partial charge is 0.347 e. The minimum atomic E-state index is -0.121. The Kier molecular flexibility index (Phi) is 4.41. The van der Waals surface area contributed by atoms with Crippen molar-refractivity contribution in [2.45, 2.75) is 6.54 Å². The van der Waals surface area contributed by atoms with Gasteiger partial charge in [-0.1, -0.05) is 41.7 Å². The highest BCUT2D eigenvalue weighted by atomic mass is 32.1. The van der Waals surface area contributed by atoms with E-state index < -0.39 is 0 Å². The molecule has 5 nitrogen and oxygen atoms in total. The summed E-state index contributed by atoms with van der Waals surface area (Å²) in [6.07, 6.45) is 4.97. The number of anilines is 2. The van der Waals surface area contributed by atoms with Crippen LogP contribution in [0.4, 0.5) is 10.8 Å². The first-order valence-corrected chi connectivity index (χ1v) is 7.58. The molecule has 0 saturated carbocycles. The van der Waals surface area contributed by atoms with Gasteiger partial charge in [0.2, 0.25) is 0 Å². The molecule has 0 radical (unpaired) electrons. The zero-order chi connectivity index (χ0) is 15.2. The van der Waals surface area contributed by atoms with Crippen LogP contribution in [0.2, 0.25) is 0 Å². The molecule has 0 bridgehead atoms. The van der Waals surface area contributed by atoms with Crippen LogP contribution in [0, 0.1) is 0 Å².